The van der Waals surface area contributed by atoms with Gasteiger partial charge in [-0.3, -0.25) is 0 Å². The average molecular weight is 236 g/mol. The molecule has 0 aromatic carbocycles. The number of rotatable bonds is 5. The molecule has 1 aliphatic heterocycles. The standard InChI is InChI=1S/C15H24O2/c1-6-8-9-10-15(5,7-2)11-13-12-16-14(3,4)17-13/h7,13H,2,9-12H2,1,3-5H3/t13-,15+/m0/s1. The van der Waals surface area contributed by atoms with E-state index in [0.717, 1.165) is 19.3 Å². The quantitative estimate of drug-likeness (QED) is 0.537. The molecule has 0 saturated carbocycles. The molecule has 1 aliphatic rings. The lowest BCUT2D eigenvalue weighted by atomic mass is 9.80. The minimum atomic E-state index is -0.435. The second-order valence-corrected chi connectivity index (χ2v) is 5.44. The smallest absolute Gasteiger partial charge is 0.163 e. The van der Waals surface area contributed by atoms with Crippen molar-refractivity contribution in [1.29, 1.82) is 0 Å². The van der Waals surface area contributed by atoms with Crippen LogP contribution in [0.15, 0.2) is 12.7 Å². The highest BCUT2D eigenvalue weighted by atomic mass is 16.7. The fraction of sp³-hybridized carbons (Fsp3) is 0.733. The summed E-state index contributed by atoms with van der Waals surface area (Å²) in [6, 6.07) is 0. The van der Waals surface area contributed by atoms with Crippen molar-refractivity contribution >= 4 is 0 Å². The minimum absolute atomic E-state index is 0.0816. The van der Waals surface area contributed by atoms with E-state index in [4.69, 9.17) is 9.47 Å². The normalized spacial score (nSPS) is 25.8. The summed E-state index contributed by atoms with van der Waals surface area (Å²) in [7, 11) is 0. The third-order valence-corrected chi connectivity index (χ3v) is 3.25. The Labute approximate surface area is 105 Å². The van der Waals surface area contributed by atoms with Crippen molar-refractivity contribution in [2.75, 3.05) is 6.61 Å². The minimum Gasteiger partial charge on any atom is -0.348 e. The van der Waals surface area contributed by atoms with Crippen LogP contribution < -0.4 is 0 Å². The summed E-state index contributed by atoms with van der Waals surface area (Å²) < 4.78 is 11.4. The molecule has 1 heterocycles. The molecule has 2 heteroatoms. The van der Waals surface area contributed by atoms with E-state index in [-0.39, 0.29) is 11.5 Å². The lowest BCUT2D eigenvalue weighted by molar-refractivity contribution is -0.141. The molecule has 1 saturated heterocycles. The van der Waals surface area contributed by atoms with Gasteiger partial charge in [-0.15, -0.1) is 18.4 Å². The van der Waals surface area contributed by atoms with Crippen LogP contribution >= 0.6 is 0 Å². The summed E-state index contributed by atoms with van der Waals surface area (Å²) in [5.41, 5.74) is 0.0816. The van der Waals surface area contributed by atoms with Crippen molar-refractivity contribution in [3.63, 3.8) is 0 Å². The van der Waals surface area contributed by atoms with E-state index in [0.29, 0.717) is 6.61 Å². The second kappa shape index (κ2) is 5.71. The molecule has 0 radical (unpaired) electrons. The van der Waals surface area contributed by atoms with Gasteiger partial charge in [0.15, 0.2) is 5.79 Å². The molecular weight excluding hydrogens is 212 g/mol. The Morgan fingerprint density at radius 2 is 2.24 bits per heavy atom. The first kappa shape index (κ1) is 14.3. The highest BCUT2D eigenvalue weighted by Gasteiger charge is 2.36. The zero-order valence-electron chi connectivity index (χ0n) is 11.5. The predicted molar refractivity (Wildman–Crippen MR) is 70.5 cm³/mol. The van der Waals surface area contributed by atoms with Gasteiger partial charge < -0.3 is 9.47 Å². The van der Waals surface area contributed by atoms with Gasteiger partial charge >= 0.3 is 0 Å². The van der Waals surface area contributed by atoms with Crippen LogP contribution in [0.3, 0.4) is 0 Å². The summed E-state index contributed by atoms with van der Waals surface area (Å²) in [6.07, 6.45) is 5.08. The largest absolute Gasteiger partial charge is 0.348 e. The predicted octanol–water partition coefficient (Wildman–Crippen LogP) is 3.52. The van der Waals surface area contributed by atoms with Crippen molar-refractivity contribution in [1.82, 2.24) is 0 Å². The van der Waals surface area contributed by atoms with E-state index in [1.54, 1.807) is 0 Å². The summed E-state index contributed by atoms with van der Waals surface area (Å²) >= 11 is 0. The van der Waals surface area contributed by atoms with Crippen molar-refractivity contribution in [3.05, 3.63) is 12.7 Å². The maximum absolute atomic E-state index is 5.85. The van der Waals surface area contributed by atoms with E-state index in [1.807, 2.05) is 26.8 Å². The Morgan fingerprint density at radius 3 is 2.71 bits per heavy atom. The molecule has 0 aliphatic carbocycles. The Hall–Kier alpha value is -0.780. The summed E-state index contributed by atoms with van der Waals surface area (Å²) in [5.74, 6) is 5.61. The maximum atomic E-state index is 5.85. The summed E-state index contributed by atoms with van der Waals surface area (Å²) in [5, 5.41) is 0. The van der Waals surface area contributed by atoms with Crippen LogP contribution in [0, 0.1) is 17.3 Å². The van der Waals surface area contributed by atoms with E-state index in [9.17, 15) is 0 Å². The van der Waals surface area contributed by atoms with Crippen LogP contribution in [0.1, 0.15) is 47.0 Å². The Kier molecular flexibility index (Phi) is 4.80. The zero-order chi connectivity index (χ0) is 12.9. The first-order valence-electron chi connectivity index (χ1n) is 6.26. The molecule has 0 aromatic rings. The third-order valence-electron chi connectivity index (χ3n) is 3.25. The number of ether oxygens (including phenoxy) is 2. The number of allylic oxidation sites excluding steroid dienone is 1. The lowest BCUT2D eigenvalue weighted by Crippen LogP contribution is -2.26. The van der Waals surface area contributed by atoms with Gasteiger partial charge in [0.1, 0.15) is 0 Å². The molecule has 1 rings (SSSR count). The van der Waals surface area contributed by atoms with Crippen molar-refractivity contribution in [2.24, 2.45) is 5.41 Å². The molecule has 0 unspecified atom stereocenters. The average Bonchev–Trinajstić information content (AvgIpc) is 2.58. The molecule has 0 bridgehead atoms. The first-order valence-corrected chi connectivity index (χ1v) is 6.26. The zero-order valence-corrected chi connectivity index (χ0v) is 11.5. The fourth-order valence-electron chi connectivity index (χ4n) is 2.14. The van der Waals surface area contributed by atoms with Gasteiger partial charge in [-0.2, -0.15) is 0 Å². The van der Waals surface area contributed by atoms with Gasteiger partial charge in [0.2, 0.25) is 0 Å². The van der Waals surface area contributed by atoms with E-state index >= 15 is 0 Å². The molecule has 2 atom stereocenters. The van der Waals surface area contributed by atoms with Crippen LogP contribution in [0.2, 0.25) is 0 Å². The number of hydrogen-bond donors (Lipinski definition) is 0. The monoisotopic (exact) mass is 236 g/mol. The van der Waals surface area contributed by atoms with E-state index in [1.165, 1.54) is 0 Å². The molecule has 0 spiro atoms. The summed E-state index contributed by atoms with van der Waals surface area (Å²) in [6.45, 7) is 12.6. The molecule has 96 valence electrons. The SMILES string of the molecule is C=C[C@](C)(CCC#CC)C[C@H]1COC(C)(C)O1. The van der Waals surface area contributed by atoms with Gasteiger partial charge in [0.05, 0.1) is 12.7 Å². The second-order valence-electron chi connectivity index (χ2n) is 5.44. The van der Waals surface area contributed by atoms with Crippen LogP contribution in [0.4, 0.5) is 0 Å². The molecule has 2 nitrogen and oxygen atoms in total. The number of hydrogen-bond acceptors (Lipinski definition) is 2. The molecule has 0 aromatic heterocycles. The molecular formula is C15H24O2. The molecule has 1 fully saturated rings. The van der Waals surface area contributed by atoms with Crippen LogP contribution in [0.5, 0.6) is 0 Å². The van der Waals surface area contributed by atoms with Gasteiger partial charge in [0.25, 0.3) is 0 Å². The third kappa shape index (κ3) is 4.53. The van der Waals surface area contributed by atoms with Crippen LogP contribution in [0.25, 0.3) is 0 Å². The van der Waals surface area contributed by atoms with E-state index < -0.39 is 5.79 Å². The highest BCUT2D eigenvalue weighted by molar-refractivity contribution is 5.00. The first-order chi connectivity index (χ1) is 7.91. The Balaban J connectivity index is 2.50. The van der Waals surface area contributed by atoms with Gasteiger partial charge in [-0.1, -0.05) is 13.0 Å². The van der Waals surface area contributed by atoms with Crippen LogP contribution in [-0.2, 0) is 9.47 Å². The van der Waals surface area contributed by atoms with Gasteiger partial charge in [-0.05, 0) is 39.0 Å². The fourth-order valence-corrected chi connectivity index (χ4v) is 2.14. The van der Waals surface area contributed by atoms with Crippen molar-refractivity contribution < 1.29 is 9.47 Å². The Bertz CT molecular complexity index is 322. The lowest BCUT2D eigenvalue weighted by Gasteiger charge is -2.28. The van der Waals surface area contributed by atoms with Crippen molar-refractivity contribution in [3.8, 4) is 11.8 Å². The molecule has 0 amide bonds. The Morgan fingerprint density at radius 1 is 1.53 bits per heavy atom. The topological polar surface area (TPSA) is 18.5 Å². The van der Waals surface area contributed by atoms with E-state index in [2.05, 4.69) is 25.3 Å². The van der Waals surface area contributed by atoms with Crippen molar-refractivity contribution in [2.45, 2.75) is 58.8 Å². The van der Waals surface area contributed by atoms with Gasteiger partial charge in [-0.25, -0.2) is 0 Å². The van der Waals surface area contributed by atoms with Crippen LogP contribution in [-0.4, -0.2) is 18.5 Å². The molecule has 17 heavy (non-hydrogen) atoms. The molecule has 0 N–H and O–H groups in total. The maximum Gasteiger partial charge on any atom is 0.163 e. The highest BCUT2D eigenvalue weighted by Crippen LogP contribution is 2.35. The summed E-state index contributed by atoms with van der Waals surface area (Å²) in [4.78, 5) is 0. The van der Waals surface area contributed by atoms with Gasteiger partial charge in [0, 0.05) is 6.42 Å².